The Labute approximate surface area is 145 Å². The van der Waals surface area contributed by atoms with Crippen LogP contribution in [-0.4, -0.2) is 58.2 Å². The van der Waals surface area contributed by atoms with Gasteiger partial charge in [-0.05, 0) is 31.9 Å². The second kappa shape index (κ2) is 6.86. The topological polar surface area (TPSA) is 69.6 Å². The summed E-state index contributed by atoms with van der Waals surface area (Å²) in [5.74, 6) is 0.779. The number of nitrogens with zero attached hydrogens (tertiary/aromatic N) is 4. The molecule has 3 heterocycles. The number of hydrogen-bond acceptors (Lipinski definition) is 6. The molecule has 1 fully saturated rings. The smallest absolute Gasteiger partial charge is 0.265 e. The van der Waals surface area contributed by atoms with E-state index in [0.29, 0.717) is 24.4 Å². The van der Waals surface area contributed by atoms with Crippen LogP contribution < -0.4 is 4.90 Å². The number of aryl methyl sites for hydroxylation is 1. The highest BCUT2D eigenvalue weighted by Crippen LogP contribution is 2.26. The molecule has 1 N–H and O–H groups in total. The molecule has 7 heteroatoms. The highest BCUT2D eigenvalue weighted by atomic mass is 32.1. The van der Waals surface area contributed by atoms with Crippen molar-refractivity contribution in [2.45, 2.75) is 25.4 Å². The van der Waals surface area contributed by atoms with Crippen molar-refractivity contribution in [1.82, 2.24) is 14.9 Å². The number of thiazole rings is 1. The molecule has 1 amide bonds. The summed E-state index contributed by atoms with van der Waals surface area (Å²) in [6.45, 7) is 3.47. The molecular weight excluding hydrogens is 324 g/mol. The second-order valence-corrected chi connectivity index (χ2v) is 7.22. The van der Waals surface area contributed by atoms with Crippen molar-refractivity contribution in [1.29, 1.82) is 0 Å². The Morgan fingerprint density at radius 3 is 2.96 bits per heavy atom. The van der Waals surface area contributed by atoms with E-state index in [1.165, 1.54) is 11.3 Å². The van der Waals surface area contributed by atoms with Crippen LogP contribution in [0.4, 0.5) is 5.82 Å². The fraction of sp³-hybridized carbons (Fsp3) is 0.471. The van der Waals surface area contributed by atoms with Gasteiger partial charge >= 0.3 is 0 Å². The summed E-state index contributed by atoms with van der Waals surface area (Å²) >= 11 is 1.34. The number of carbonyl (C=O) groups is 1. The Bertz CT molecular complexity index is 706. The van der Waals surface area contributed by atoms with Crippen LogP contribution in [0.25, 0.3) is 0 Å². The van der Waals surface area contributed by atoms with Crippen LogP contribution in [0.5, 0.6) is 0 Å². The number of aromatic nitrogens is 2. The van der Waals surface area contributed by atoms with E-state index in [1.54, 1.807) is 23.7 Å². The molecule has 0 bridgehead atoms. The highest BCUT2D eigenvalue weighted by molar-refractivity contribution is 7.11. The van der Waals surface area contributed by atoms with Crippen LogP contribution in [0.3, 0.4) is 0 Å². The zero-order valence-corrected chi connectivity index (χ0v) is 14.8. The first kappa shape index (κ1) is 16.9. The SMILES string of the molecule is Cc1ncsc1C(=O)N(C)CC1(O)CCCN(c2ccccn2)C1. The summed E-state index contributed by atoms with van der Waals surface area (Å²) in [5.41, 5.74) is 1.48. The predicted octanol–water partition coefficient (Wildman–Crippen LogP) is 1.95. The van der Waals surface area contributed by atoms with Gasteiger partial charge in [0.1, 0.15) is 10.7 Å². The van der Waals surface area contributed by atoms with E-state index in [2.05, 4.69) is 14.9 Å². The lowest BCUT2D eigenvalue weighted by atomic mass is 9.92. The van der Waals surface area contributed by atoms with E-state index >= 15 is 0 Å². The molecule has 0 saturated carbocycles. The number of hydrogen-bond donors (Lipinski definition) is 1. The van der Waals surface area contributed by atoms with Crippen molar-refractivity contribution in [3.63, 3.8) is 0 Å². The number of likely N-dealkylation sites (N-methyl/N-ethyl adjacent to an activating group) is 1. The first-order valence-electron chi connectivity index (χ1n) is 8.02. The molecule has 1 unspecified atom stereocenters. The Kier molecular flexibility index (Phi) is 4.82. The molecule has 0 spiro atoms. The summed E-state index contributed by atoms with van der Waals surface area (Å²) in [4.78, 5) is 25.4. The predicted molar refractivity (Wildman–Crippen MR) is 94.4 cm³/mol. The van der Waals surface area contributed by atoms with E-state index in [9.17, 15) is 9.90 Å². The molecule has 0 aromatic carbocycles. The van der Waals surface area contributed by atoms with Crippen LogP contribution in [0, 0.1) is 6.92 Å². The lowest BCUT2D eigenvalue weighted by molar-refractivity contribution is -0.0000379. The number of anilines is 1. The molecule has 24 heavy (non-hydrogen) atoms. The van der Waals surface area contributed by atoms with Gasteiger partial charge in [-0.25, -0.2) is 9.97 Å². The molecule has 1 atom stereocenters. The van der Waals surface area contributed by atoms with Gasteiger partial charge in [0.2, 0.25) is 0 Å². The molecule has 2 aromatic heterocycles. The molecule has 6 nitrogen and oxygen atoms in total. The summed E-state index contributed by atoms with van der Waals surface area (Å²) in [6, 6.07) is 5.77. The molecule has 0 radical (unpaired) electrons. The monoisotopic (exact) mass is 346 g/mol. The fourth-order valence-electron chi connectivity index (χ4n) is 3.17. The first-order valence-corrected chi connectivity index (χ1v) is 8.90. The number of piperidine rings is 1. The third-order valence-electron chi connectivity index (χ3n) is 4.35. The standard InChI is InChI=1S/C17H22N4O2S/c1-13-15(24-12-19-13)16(22)20(2)10-17(23)7-5-9-21(11-17)14-6-3-4-8-18-14/h3-4,6,8,12,23H,5,7,9-11H2,1-2H3. The normalized spacial score (nSPS) is 20.9. The summed E-state index contributed by atoms with van der Waals surface area (Å²) in [5, 5.41) is 11.0. The minimum atomic E-state index is -0.932. The number of amides is 1. The van der Waals surface area contributed by atoms with E-state index in [4.69, 9.17) is 0 Å². The molecule has 1 aliphatic heterocycles. The van der Waals surface area contributed by atoms with Crippen molar-refractivity contribution < 1.29 is 9.90 Å². The fourth-order valence-corrected chi connectivity index (χ4v) is 3.97. The summed E-state index contributed by atoms with van der Waals surface area (Å²) in [7, 11) is 1.74. The van der Waals surface area contributed by atoms with Crippen LogP contribution in [0.15, 0.2) is 29.9 Å². The van der Waals surface area contributed by atoms with Crippen molar-refractivity contribution in [3.05, 3.63) is 40.5 Å². The zero-order chi connectivity index (χ0) is 17.2. The largest absolute Gasteiger partial charge is 0.386 e. The third-order valence-corrected chi connectivity index (χ3v) is 5.26. The van der Waals surface area contributed by atoms with E-state index in [1.807, 2.05) is 25.1 Å². The van der Waals surface area contributed by atoms with Crippen molar-refractivity contribution in [2.75, 3.05) is 31.6 Å². The summed E-state index contributed by atoms with van der Waals surface area (Å²) in [6.07, 6.45) is 3.30. The molecule has 3 rings (SSSR count). The maximum Gasteiger partial charge on any atom is 0.265 e. The Hall–Kier alpha value is -1.99. The quantitative estimate of drug-likeness (QED) is 0.916. The molecule has 128 valence electrons. The molecule has 2 aromatic rings. The number of pyridine rings is 1. The number of β-amino-alcohol motifs (C(OH)–C–C–N with tert-alkyl or cyclic N) is 1. The van der Waals surface area contributed by atoms with Crippen LogP contribution >= 0.6 is 11.3 Å². The van der Waals surface area contributed by atoms with Gasteiger partial charge < -0.3 is 14.9 Å². The van der Waals surface area contributed by atoms with Gasteiger partial charge in [-0.2, -0.15) is 0 Å². The Morgan fingerprint density at radius 1 is 1.46 bits per heavy atom. The minimum absolute atomic E-state index is 0.0848. The van der Waals surface area contributed by atoms with Crippen LogP contribution in [-0.2, 0) is 0 Å². The molecular formula is C17H22N4O2S. The molecule has 0 aliphatic carbocycles. The first-order chi connectivity index (χ1) is 11.5. The number of carbonyl (C=O) groups excluding carboxylic acids is 1. The average molecular weight is 346 g/mol. The number of rotatable bonds is 4. The van der Waals surface area contributed by atoms with Crippen molar-refractivity contribution in [2.24, 2.45) is 0 Å². The van der Waals surface area contributed by atoms with Gasteiger partial charge in [0.15, 0.2) is 0 Å². The minimum Gasteiger partial charge on any atom is -0.386 e. The Balaban J connectivity index is 1.69. The van der Waals surface area contributed by atoms with E-state index < -0.39 is 5.60 Å². The van der Waals surface area contributed by atoms with Gasteiger partial charge in [-0.1, -0.05) is 6.07 Å². The lowest BCUT2D eigenvalue weighted by Gasteiger charge is -2.41. The second-order valence-electron chi connectivity index (χ2n) is 6.37. The van der Waals surface area contributed by atoms with Gasteiger partial charge in [0, 0.05) is 26.3 Å². The van der Waals surface area contributed by atoms with E-state index in [-0.39, 0.29) is 5.91 Å². The van der Waals surface area contributed by atoms with Gasteiger partial charge in [0.05, 0.1) is 23.4 Å². The van der Waals surface area contributed by atoms with Gasteiger partial charge in [-0.15, -0.1) is 11.3 Å². The van der Waals surface area contributed by atoms with Gasteiger partial charge in [0.25, 0.3) is 5.91 Å². The van der Waals surface area contributed by atoms with Crippen LogP contribution in [0.2, 0.25) is 0 Å². The third kappa shape index (κ3) is 3.57. The van der Waals surface area contributed by atoms with Crippen molar-refractivity contribution in [3.8, 4) is 0 Å². The number of aliphatic hydroxyl groups is 1. The Morgan fingerprint density at radius 2 is 2.29 bits per heavy atom. The summed E-state index contributed by atoms with van der Waals surface area (Å²) < 4.78 is 0. The zero-order valence-electron chi connectivity index (χ0n) is 14.0. The highest BCUT2D eigenvalue weighted by Gasteiger charge is 2.36. The maximum atomic E-state index is 12.6. The molecule has 1 aliphatic rings. The molecule has 1 saturated heterocycles. The van der Waals surface area contributed by atoms with Crippen molar-refractivity contribution >= 4 is 23.1 Å². The lowest BCUT2D eigenvalue weighted by Crippen LogP contribution is -2.54. The average Bonchev–Trinajstić information content (AvgIpc) is 3.00. The van der Waals surface area contributed by atoms with Gasteiger partial charge in [-0.3, -0.25) is 4.79 Å². The van der Waals surface area contributed by atoms with Crippen LogP contribution in [0.1, 0.15) is 28.2 Å². The maximum absolute atomic E-state index is 12.6. The van der Waals surface area contributed by atoms with E-state index in [0.717, 1.165) is 24.5 Å².